The molecule has 27 heavy (non-hydrogen) atoms. The smallest absolute Gasteiger partial charge is 0.352 e. The number of carbonyl (C=O) groups is 3. The summed E-state index contributed by atoms with van der Waals surface area (Å²) >= 11 is 2.95. The van der Waals surface area contributed by atoms with E-state index < -0.39 is 35.2 Å². The fourth-order valence-corrected chi connectivity index (χ4v) is 5.69. The van der Waals surface area contributed by atoms with Gasteiger partial charge in [-0.15, -0.1) is 23.1 Å². The molecule has 7 nitrogen and oxygen atoms in total. The number of nitrogens with one attached hydrogen (secondary N) is 1. The lowest BCUT2D eigenvalue weighted by atomic mass is 10.0. The van der Waals surface area contributed by atoms with Crippen molar-refractivity contribution >= 4 is 51.0 Å². The van der Waals surface area contributed by atoms with Gasteiger partial charge in [0.25, 0.3) is 5.91 Å². The number of hydrogen-bond donors (Lipinski definition) is 3. The quantitative estimate of drug-likeness (QED) is 0.669. The van der Waals surface area contributed by atoms with E-state index in [4.69, 9.17) is 5.73 Å². The van der Waals surface area contributed by atoms with Crippen LogP contribution in [-0.2, 0) is 14.4 Å². The average Bonchev–Trinajstić information content (AvgIpc) is 3.08. The summed E-state index contributed by atoms with van der Waals surface area (Å²) in [6.07, 6.45) is 0. The number of rotatable bonds is 4. The van der Waals surface area contributed by atoms with Crippen LogP contribution >= 0.6 is 23.1 Å². The Morgan fingerprint density at radius 3 is 2.85 bits per heavy atom. The Labute approximate surface area is 163 Å². The van der Waals surface area contributed by atoms with E-state index in [2.05, 4.69) is 5.32 Å². The predicted octanol–water partition coefficient (Wildman–Crippen LogP) is 1.66. The molecule has 1 aromatic carbocycles. The summed E-state index contributed by atoms with van der Waals surface area (Å²) in [4.78, 5) is 37.8. The van der Waals surface area contributed by atoms with Gasteiger partial charge in [0.2, 0.25) is 5.91 Å². The molecule has 0 radical (unpaired) electrons. The molecule has 3 heterocycles. The fourth-order valence-electron chi connectivity index (χ4n) is 3.40. The number of β-lactam (4-membered cyclic amide) rings is 1. The van der Waals surface area contributed by atoms with Crippen LogP contribution in [0.2, 0.25) is 0 Å². The number of benzene rings is 1. The second-order valence-electron chi connectivity index (χ2n) is 6.50. The van der Waals surface area contributed by atoms with E-state index in [1.54, 1.807) is 6.92 Å². The number of fused-ring (bicyclic) bond motifs is 2. The van der Waals surface area contributed by atoms with Crippen LogP contribution in [0.5, 0.6) is 0 Å². The van der Waals surface area contributed by atoms with Gasteiger partial charge in [0.05, 0.1) is 0 Å². The Balaban J connectivity index is 1.51. The van der Waals surface area contributed by atoms with Crippen molar-refractivity contribution in [1.82, 2.24) is 10.2 Å². The number of carboxylic acids is 1. The molecule has 0 aliphatic carbocycles. The van der Waals surface area contributed by atoms with Crippen LogP contribution in [-0.4, -0.2) is 45.0 Å². The minimum absolute atomic E-state index is 0.0161. The highest BCUT2D eigenvalue weighted by molar-refractivity contribution is 8.00. The van der Waals surface area contributed by atoms with Gasteiger partial charge in [0.1, 0.15) is 23.2 Å². The van der Waals surface area contributed by atoms with Crippen molar-refractivity contribution in [3.05, 3.63) is 46.5 Å². The standard InChI is InChI=1S/C18H17N3O4S2/c1-8-6-27-17-13(16(23)21(17)14(8)18(24)25)20-15(22)12(19)10-7-26-11-5-3-2-4-9(10)11/h2-5,7,12-13,17H,6,19H2,1H3,(H,20,22)(H,24,25)/t12?,13-,17-/m1/s1. The number of carbonyl (C=O) groups excluding carboxylic acids is 2. The molecule has 1 saturated heterocycles. The van der Waals surface area contributed by atoms with E-state index in [9.17, 15) is 19.5 Å². The van der Waals surface area contributed by atoms with Crippen molar-refractivity contribution in [2.45, 2.75) is 24.4 Å². The van der Waals surface area contributed by atoms with E-state index in [-0.39, 0.29) is 5.70 Å². The zero-order valence-electron chi connectivity index (χ0n) is 14.3. The van der Waals surface area contributed by atoms with Crippen molar-refractivity contribution in [3.8, 4) is 0 Å². The number of amides is 2. The van der Waals surface area contributed by atoms with Crippen LogP contribution < -0.4 is 11.1 Å². The Kier molecular flexibility index (Phi) is 4.45. The normalized spacial score (nSPS) is 23.0. The maximum Gasteiger partial charge on any atom is 0.352 e. The summed E-state index contributed by atoms with van der Waals surface area (Å²) in [7, 11) is 0. The molecule has 3 atom stereocenters. The first-order valence-corrected chi connectivity index (χ1v) is 10.2. The Hall–Kier alpha value is -2.36. The van der Waals surface area contributed by atoms with Crippen molar-refractivity contribution in [2.75, 3.05) is 5.75 Å². The summed E-state index contributed by atoms with van der Waals surface area (Å²) in [6, 6.07) is 6.02. The van der Waals surface area contributed by atoms with Gasteiger partial charge in [-0.25, -0.2) is 4.79 Å². The van der Waals surface area contributed by atoms with E-state index in [1.165, 1.54) is 28.0 Å². The first-order valence-electron chi connectivity index (χ1n) is 8.30. The van der Waals surface area contributed by atoms with Crippen molar-refractivity contribution in [2.24, 2.45) is 5.73 Å². The van der Waals surface area contributed by atoms with Gasteiger partial charge in [-0.1, -0.05) is 18.2 Å². The SMILES string of the molecule is CC1=C(C(=O)O)N2C(=O)[C@@H](NC(=O)C(N)c3csc4ccccc34)[C@H]2SC1. The molecule has 9 heteroatoms. The Morgan fingerprint density at radius 1 is 1.37 bits per heavy atom. The zero-order valence-corrected chi connectivity index (χ0v) is 16.0. The highest BCUT2D eigenvalue weighted by atomic mass is 32.2. The van der Waals surface area contributed by atoms with Crippen molar-refractivity contribution in [1.29, 1.82) is 0 Å². The van der Waals surface area contributed by atoms with Crippen molar-refractivity contribution in [3.63, 3.8) is 0 Å². The summed E-state index contributed by atoms with van der Waals surface area (Å²) in [5.74, 6) is -1.48. The van der Waals surface area contributed by atoms with Crippen LogP contribution in [0, 0.1) is 0 Å². The molecule has 140 valence electrons. The van der Waals surface area contributed by atoms with Crippen LogP contribution in [0.3, 0.4) is 0 Å². The molecule has 0 saturated carbocycles. The lowest BCUT2D eigenvalue weighted by Crippen LogP contribution is -2.71. The number of hydrogen-bond acceptors (Lipinski definition) is 6. The molecule has 1 unspecified atom stereocenters. The third kappa shape index (κ3) is 2.82. The number of thioether (sulfide) groups is 1. The van der Waals surface area contributed by atoms with Gasteiger partial charge in [0.15, 0.2) is 0 Å². The monoisotopic (exact) mass is 403 g/mol. The lowest BCUT2D eigenvalue weighted by Gasteiger charge is -2.49. The molecular weight excluding hydrogens is 386 g/mol. The molecule has 1 fully saturated rings. The number of thiophene rings is 1. The lowest BCUT2D eigenvalue weighted by molar-refractivity contribution is -0.150. The highest BCUT2D eigenvalue weighted by Crippen LogP contribution is 2.40. The van der Waals surface area contributed by atoms with Crippen molar-refractivity contribution < 1.29 is 19.5 Å². The summed E-state index contributed by atoms with van der Waals surface area (Å²) in [5.41, 5.74) is 7.52. The maximum absolute atomic E-state index is 12.6. The minimum Gasteiger partial charge on any atom is -0.477 e. The van der Waals surface area contributed by atoms with Gasteiger partial charge < -0.3 is 16.2 Å². The summed E-state index contributed by atoms with van der Waals surface area (Å²) in [6.45, 7) is 1.70. The Morgan fingerprint density at radius 2 is 2.11 bits per heavy atom. The average molecular weight is 403 g/mol. The molecule has 2 aliphatic heterocycles. The molecule has 1 aromatic heterocycles. The predicted molar refractivity (Wildman–Crippen MR) is 104 cm³/mol. The molecular formula is C18H17N3O4S2. The maximum atomic E-state index is 12.6. The van der Waals surface area contributed by atoms with Crippen LogP contribution in [0.1, 0.15) is 18.5 Å². The van der Waals surface area contributed by atoms with Crippen LogP contribution in [0.25, 0.3) is 10.1 Å². The largest absolute Gasteiger partial charge is 0.477 e. The van der Waals surface area contributed by atoms with E-state index in [0.29, 0.717) is 11.3 Å². The van der Waals surface area contributed by atoms with Gasteiger partial charge in [0, 0.05) is 10.5 Å². The second-order valence-corrected chi connectivity index (χ2v) is 8.51. The fraction of sp³-hybridized carbons (Fsp3) is 0.278. The van der Waals surface area contributed by atoms with Gasteiger partial charge in [-0.05, 0) is 34.9 Å². The van der Waals surface area contributed by atoms with E-state index in [1.807, 2.05) is 29.6 Å². The molecule has 4 N–H and O–H groups in total. The van der Waals surface area contributed by atoms with Crippen LogP contribution in [0.15, 0.2) is 40.9 Å². The third-order valence-corrected chi connectivity index (χ3v) is 7.19. The first-order chi connectivity index (χ1) is 12.9. The molecule has 0 spiro atoms. The number of aliphatic carboxylic acids is 1. The zero-order chi connectivity index (χ0) is 19.3. The molecule has 2 amide bonds. The number of nitrogens with two attached hydrogens (primary N) is 1. The number of carboxylic acid groups (broad SMARTS) is 1. The molecule has 2 aliphatic rings. The van der Waals surface area contributed by atoms with Crippen LogP contribution in [0.4, 0.5) is 0 Å². The third-order valence-electron chi connectivity index (χ3n) is 4.79. The molecule has 0 bridgehead atoms. The molecule has 4 rings (SSSR count). The summed E-state index contributed by atoms with van der Waals surface area (Å²) in [5, 5.41) is 14.4. The minimum atomic E-state index is -1.13. The van der Waals surface area contributed by atoms with E-state index >= 15 is 0 Å². The number of nitrogens with zero attached hydrogens (tertiary/aromatic N) is 1. The van der Waals surface area contributed by atoms with Gasteiger partial charge >= 0.3 is 5.97 Å². The second kappa shape index (κ2) is 6.66. The van der Waals surface area contributed by atoms with E-state index in [0.717, 1.165) is 15.6 Å². The topological polar surface area (TPSA) is 113 Å². The Bertz CT molecular complexity index is 999. The first kappa shape index (κ1) is 18.0. The summed E-state index contributed by atoms with van der Waals surface area (Å²) < 4.78 is 1.04. The molecule has 2 aromatic rings. The highest BCUT2D eigenvalue weighted by Gasteiger charge is 2.53. The van der Waals surface area contributed by atoms with Gasteiger partial charge in [-0.2, -0.15) is 0 Å². The van der Waals surface area contributed by atoms with Gasteiger partial charge in [-0.3, -0.25) is 14.5 Å².